The molecule has 1 aromatic rings. The molecule has 1 fully saturated rings. The number of sulfonamides is 1. The zero-order valence-corrected chi connectivity index (χ0v) is 13.1. The van der Waals surface area contributed by atoms with E-state index in [-0.39, 0.29) is 16.7 Å². The van der Waals surface area contributed by atoms with Crippen molar-refractivity contribution in [2.45, 2.75) is 30.7 Å². The average molecular weight is 316 g/mol. The minimum absolute atomic E-state index is 0.0295. The van der Waals surface area contributed by atoms with Gasteiger partial charge in [0.25, 0.3) is 0 Å². The van der Waals surface area contributed by atoms with E-state index in [9.17, 15) is 12.8 Å². The molecule has 0 amide bonds. The Labute approximate surface area is 125 Å². The lowest BCUT2D eigenvalue weighted by Crippen LogP contribution is -2.40. The molecule has 0 bridgehead atoms. The quantitative estimate of drug-likeness (QED) is 0.866. The summed E-state index contributed by atoms with van der Waals surface area (Å²) in [6.45, 7) is 4.32. The zero-order valence-electron chi connectivity index (χ0n) is 12.3. The van der Waals surface area contributed by atoms with Crippen LogP contribution < -0.4 is 9.46 Å². The van der Waals surface area contributed by atoms with Gasteiger partial charge < -0.3 is 4.74 Å². The Morgan fingerprint density at radius 3 is 2.86 bits per heavy atom. The van der Waals surface area contributed by atoms with E-state index >= 15 is 0 Å². The molecule has 1 heterocycles. The lowest BCUT2D eigenvalue weighted by atomic mass is 10.2. The first-order valence-electron chi connectivity index (χ1n) is 7.05. The lowest BCUT2D eigenvalue weighted by Gasteiger charge is -2.22. The normalized spacial score (nSPS) is 19.9. The Bertz CT molecular complexity index is 592. The van der Waals surface area contributed by atoms with E-state index < -0.39 is 15.8 Å². The molecule has 1 saturated heterocycles. The number of likely N-dealkylation sites (tertiary alicyclic amines) is 1. The summed E-state index contributed by atoms with van der Waals surface area (Å²) in [7, 11) is -2.36. The molecule has 1 unspecified atom stereocenters. The van der Waals surface area contributed by atoms with Crippen LogP contribution in [-0.2, 0) is 10.0 Å². The maximum Gasteiger partial charge on any atom is 0.240 e. The van der Waals surface area contributed by atoms with Gasteiger partial charge in [-0.1, -0.05) is 6.92 Å². The molecule has 0 radical (unpaired) electrons. The minimum Gasteiger partial charge on any atom is -0.494 e. The second-order valence-corrected chi connectivity index (χ2v) is 6.84. The second-order valence-electron chi connectivity index (χ2n) is 5.07. The lowest BCUT2D eigenvalue weighted by molar-refractivity contribution is 0.268. The fraction of sp³-hybridized carbons (Fsp3) is 0.571. The van der Waals surface area contributed by atoms with Crippen molar-refractivity contribution in [3.05, 3.63) is 24.0 Å². The van der Waals surface area contributed by atoms with Crippen molar-refractivity contribution in [2.24, 2.45) is 0 Å². The summed E-state index contributed by atoms with van der Waals surface area (Å²) in [4.78, 5) is 2.17. The third-order valence-corrected chi connectivity index (χ3v) is 5.27. The molecule has 0 saturated carbocycles. The summed E-state index contributed by atoms with van der Waals surface area (Å²) in [5.41, 5.74) is 0. The van der Waals surface area contributed by atoms with Gasteiger partial charge in [-0.15, -0.1) is 0 Å². The van der Waals surface area contributed by atoms with Crippen LogP contribution in [0.15, 0.2) is 23.1 Å². The van der Waals surface area contributed by atoms with Crippen LogP contribution in [0.1, 0.15) is 19.8 Å². The van der Waals surface area contributed by atoms with Crippen molar-refractivity contribution in [3.8, 4) is 5.75 Å². The van der Waals surface area contributed by atoms with Crippen LogP contribution in [-0.4, -0.2) is 46.1 Å². The largest absolute Gasteiger partial charge is 0.494 e. The maximum absolute atomic E-state index is 13.6. The standard InChI is InChI=1S/C14H21FN2O3S/c1-3-17-8-4-5-11(17)10-16-21(18,19)12-6-7-14(20-2)13(15)9-12/h6-7,9,11,16H,3-5,8,10H2,1-2H3. The molecule has 1 aromatic carbocycles. The first-order valence-corrected chi connectivity index (χ1v) is 8.53. The zero-order chi connectivity index (χ0) is 15.5. The fourth-order valence-corrected chi connectivity index (χ4v) is 3.73. The number of halogens is 1. The van der Waals surface area contributed by atoms with Crippen LogP contribution in [0.25, 0.3) is 0 Å². The van der Waals surface area contributed by atoms with Crippen molar-refractivity contribution >= 4 is 10.0 Å². The SMILES string of the molecule is CCN1CCCC1CNS(=O)(=O)c1ccc(OC)c(F)c1. The van der Waals surface area contributed by atoms with Gasteiger partial charge in [0.2, 0.25) is 10.0 Å². The summed E-state index contributed by atoms with van der Waals surface area (Å²) >= 11 is 0. The molecule has 1 aliphatic heterocycles. The molecule has 0 aliphatic carbocycles. The van der Waals surface area contributed by atoms with Crippen molar-refractivity contribution in [1.82, 2.24) is 9.62 Å². The van der Waals surface area contributed by atoms with Crippen LogP contribution in [0.5, 0.6) is 5.75 Å². The second kappa shape index (κ2) is 6.72. The van der Waals surface area contributed by atoms with Crippen LogP contribution in [0.4, 0.5) is 4.39 Å². The minimum atomic E-state index is -3.70. The average Bonchev–Trinajstić information content (AvgIpc) is 2.92. The Morgan fingerprint density at radius 1 is 1.48 bits per heavy atom. The summed E-state index contributed by atoms with van der Waals surface area (Å²) < 4.78 is 45.4. The van der Waals surface area contributed by atoms with Gasteiger partial charge in [0.15, 0.2) is 11.6 Å². The molecule has 1 aliphatic rings. The van der Waals surface area contributed by atoms with Crippen LogP contribution in [0.3, 0.4) is 0 Å². The van der Waals surface area contributed by atoms with E-state index in [1.807, 2.05) is 0 Å². The van der Waals surface area contributed by atoms with E-state index in [2.05, 4.69) is 16.5 Å². The van der Waals surface area contributed by atoms with Crippen LogP contribution >= 0.6 is 0 Å². The highest BCUT2D eigenvalue weighted by molar-refractivity contribution is 7.89. The number of hydrogen-bond donors (Lipinski definition) is 1. The first-order chi connectivity index (χ1) is 9.97. The van der Waals surface area contributed by atoms with Crippen molar-refractivity contribution < 1.29 is 17.5 Å². The number of nitrogens with one attached hydrogen (secondary N) is 1. The Kier molecular flexibility index (Phi) is 5.18. The molecule has 1 atom stereocenters. The molecule has 1 N–H and O–H groups in total. The number of methoxy groups -OCH3 is 1. The van der Waals surface area contributed by atoms with Gasteiger partial charge in [-0.2, -0.15) is 0 Å². The topological polar surface area (TPSA) is 58.6 Å². The number of nitrogens with zero attached hydrogens (tertiary/aromatic N) is 1. The summed E-state index contributed by atoms with van der Waals surface area (Å²) in [6, 6.07) is 3.86. The number of rotatable bonds is 6. The molecule has 0 aromatic heterocycles. The predicted octanol–water partition coefficient (Wildman–Crippen LogP) is 1.60. The fourth-order valence-electron chi connectivity index (χ4n) is 2.65. The summed E-state index contributed by atoms with van der Waals surface area (Å²) in [5.74, 6) is -0.654. The Morgan fingerprint density at radius 2 is 2.24 bits per heavy atom. The summed E-state index contributed by atoms with van der Waals surface area (Å²) in [6.07, 6.45) is 2.06. The Balaban J connectivity index is 2.06. The van der Waals surface area contributed by atoms with Crippen molar-refractivity contribution in [1.29, 1.82) is 0 Å². The molecular formula is C14H21FN2O3S. The van der Waals surface area contributed by atoms with Gasteiger partial charge in [-0.05, 0) is 44.1 Å². The maximum atomic E-state index is 13.6. The smallest absolute Gasteiger partial charge is 0.240 e. The summed E-state index contributed by atoms with van der Waals surface area (Å²) in [5, 5.41) is 0. The van der Waals surface area contributed by atoms with Crippen LogP contribution in [0, 0.1) is 5.82 Å². The van der Waals surface area contributed by atoms with E-state index in [0.29, 0.717) is 6.54 Å². The molecular weight excluding hydrogens is 295 g/mol. The molecule has 5 nitrogen and oxygen atoms in total. The number of ether oxygens (including phenoxy) is 1. The third kappa shape index (κ3) is 3.72. The van der Waals surface area contributed by atoms with Crippen molar-refractivity contribution in [3.63, 3.8) is 0 Å². The van der Waals surface area contributed by atoms with Gasteiger partial charge in [0.05, 0.1) is 12.0 Å². The molecule has 7 heteroatoms. The Hall–Kier alpha value is -1.18. The van der Waals surface area contributed by atoms with Crippen molar-refractivity contribution in [2.75, 3.05) is 26.7 Å². The van der Waals surface area contributed by atoms with Gasteiger partial charge in [-0.3, -0.25) is 4.90 Å². The monoisotopic (exact) mass is 316 g/mol. The highest BCUT2D eigenvalue weighted by Crippen LogP contribution is 2.21. The molecule has 0 spiro atoms. The predicted molar refractivity (Wildman–Crippen MR) is 78.4 cm³/mol. The molecule has 21 heavy (non-hydrogen) atoms. The highest BCUT2D eigenvalue weighted by atomic mass is 32.2. The van der Waals surface area contributed by atoms with Gasteiger partial charge in [0.1, 0.15) is 0 Å². The van der Waals surface area contributed by atoms with E-state index in [0.717, 1.165) is 32.0 Å². The van der Waals surface area contributed by atoms with Gasteiger partial charge >= 0.3 is 0 Å². The number of benzene rings is 1. The van der Waals surface area contributed by atoms with E-state index in [1.54, 1.807) is 0 Å². The third-order valence-electron chi connectivity index (χ3n) is 3.85. The molecule has 2 rings (SSSR count). The van der Waals surface area contributed by atoms with Gasteiger partial charge in [-0.25, -0.2) is 17.5 Å². The van der Waals surface area contributed by atoms with E-state index in [4.69, 9.17) is 4.74 Å². The first kappa shape index (κ1) is 16.2. The molecule has 118 valence electrons. The number of likely N-dealkylation sites (N-methyl/N-ethyl adjacent to an activating group) is 1. The van der Waals surface area contributed by atoms with Crippen LogP contribution in [0.2, 0.25) is 0 Å². The number of hydrogen-bond acceptors (Lipinski definition) is 4. The van der Waals surface area contributed by atoms with E-state index in [1.165, 1.54) is 19.2 Å². The highest BCUT2D eigenvalue weighted by Gasteiger charge is 2.25. The van der Waals surface area contributed by atoms with Gasteiger partial charge in [0, 0.05) is 12.6 Å².